The highest BCUT2D eigenvalue weighted by Crippen LogP contribution is 2.34. The largest absolute Gasteiger partial charge is 0.497 e. The summed E-state index contributed by atoms with van der Waals surface area (Å²) in [5.41, 5.74) is 7.26. The van der Waals surface area contributed by atoms with Crippen LogP contribution in [-0.2, 0) is 10.0 Å². The molecular formula is C18H23N3O4S. The van der Waals surface area contributed by atoms with Gasteiger partial charge in [-0.15, -0.1) is 0 Å². The number of nitrogens with two attached hydrogens (primary N) is 1. The Bertz CT molecular complexity index is 867. The number of anilines is 2. The maximum atomic E-state index is 12.6. The van der Waals surface area contributed by atoms with Crippen LogP contribution in [0, 0.1) is 0 Å². The van der Waals surface area contributed by atoms with Crippen LogP contribution < -0.4 is 24.8 Å². The number of ether oxygens (including phenoxy) is 2. The van der Waals surface area contributed by atoms with Crippen LogP contribution in [0.1, 0.15) is 6.92 Å². The maximum absolute atomic E-state index is 12.6. The normalized spacial score (nSPS) is 15.0. The van der Waals surface area contributed by atoms with Gasteiger partial charge in [-0.2, -0.15) is 0 Å². The number of sulfonamides is 1. The number of hydrogen-bond acceptors (Lipinski definition) is 6. The first kappa shape index (κ1) is 18.3. The third-order valence-electron chi connectivity index (χ3n) is 4.05. The van der Waals surface area contributed by atoms with Crippen LogP contribution in [0.2, 0.25) is 0 Å². The zero-order valence-electron chi connectivity index (χ0n) is 14.8. The average molecular weight is 377 g/mol. The summed E-state index contributed by atoms with van der Waals surface area (Å²) in [6.45, 7) is 3.96. The molecule has 0 spiro atoms. The van der Waals surface area contributed by atoms with Gasteiger partial charge < -0.3 is 20.1 Å². The molecule has 1 aliphatic heterocycles. The van der Waals surface area contributed by atoms with Gasteiger partial charge in [0, 0.05) is 18.7 Å². The second-order valence-corrected chi connectivity index (χ2v) is 7.92. The SMILES string of the molecule is COc1ccc(S(=O)(=O)Nc2ccc3c(c2)OCCN3CC(C)N)cc1. The fraction of sp³-hybridized carbons (Fsp3) is 0.333. The standard InChI is InChI=1S/C18H23N3O4S/c1-13(19)12-21-9-10-25-18-11-14(3-8-17(18)21)20-26(22,23)16-6-4-15(24-2)5-7-16/h3-8,11,13,20H,9-10,12,19H2,1-2H3. The van der Waals surface area contributed by atoms with Gasteiger partial charge >= 0.3 is 0 Å². The predicted molar refractivity (Wildman–Crippen MR) is 102 cm³/mol. The molecular weight excluding hydrogens is 354 g/mol. The first-order chi connectivity index (χ1) is 12.4. The van der Waals surface area contributed by atoms with Crippen molar-refractivity contribution in [2.75, 3.05) is 36.4 Å². The lowest BCUT2D eigenvalue weighted by Crippen LogP contribution is -2.40. The van der Waals surface area contributed by atoms with E-state index in [1.165, 1.54) is 19.2 Å². The minimum atomic E-state index is -3.69. The van der Waals surface area contributed by atoms with E-state index in [0.717, 1.165) is 12.2 Å². The number of methoxy groups -OCH3 is 1. The van der Waals surface area contributed by atoms with Gasteiger partial charge in [0.25, 0.3) is 10.0 Å². The molecule has 2 aromatic carbocycles. The summed E-state index contributed by atoms with van der Waals surface area (Å²) < 4.78 is 38.5. The minimum absolute atomic E-state index is 0.0363. The fourth-order valence-electron chi connectivity index (χ4n) is 2.85. The quantitative estimate of drug-likeness (QED) is 0.800. The lowest BCUT2D eigenvalue weighted by molar-refractivity contribution is 0.306. The lowest BCUT2D eigenvalue weighted by atomic mass is 10.2. The Hall–Kier alpha value is -2.45. The van der Waals surface area contributed by atoms with Gasteiger partial charge in [0.2, 0.25) is 0 Å². The zero-order valence-corrected chi connectivity index (χ0v) is 15.6. The Labute approximate surface area is 153 Å². The van der Waals surface area contributed by atoms with Crippen LogP contribution in [0.4, 0.5) is 11.4 Å². The monoisotopic (exact) mass is 377 g/mol. The molecule has 26 heavy (non-hydrogen) atoms. The molecule has 0 aromatic heterocycles. The van der Waals surface area contributed by atoms with Gasteiger partial charge in [0.05, 0.1) is 29.9 Å². The molecule has 7 nitrogen and oxygen atoms in total. The molecule has 0 saturated carbocycles. The van der Waals surface area contributed by atoms with E-state index >= 15 is 0 Å². The van der Waals surface area contributed by atoms with E-state index in [2.05, 4.69) is 9.62 Å². The van der Waals surface area contributed by atoms with E-state index < -0.39 is 10.0 Å². The number of nitrogens with one attached hydrogen (secondary N) is 1. The lowest BCUT2D eigenvalue weighted by Gasteiger charge is -2.32. The molecule has 0 fully saturated rings. The smallest absolute Gasteiger partial charge is 0.261 e. The Balaban J connectivity index is 1.82. The number of rotatable bonds is 6. The van der Waals surface area contributed by atoms with Crippen molar-refractivity contribution in [3.8, 4) is 11.5 Å². The van der Waals surface area contributed by atoms with Gasteiger partial charge in [-0.05, 0) is 43.3 Å². The van der Waals surface area contributed by atoms with E-state index in [1.54, 1.807) is 24.3 Å². The molecule has 0 bridgehead atoms. The van der Waals surface area contributed by atoms with Crippen LogP contribution in [0.3, 0.4) is 0 Å². The fourth-order valence-corrected chi connectivity index (χ4v) is 3.90. The number of nitrogens with zero attached hydrogens (tertiary/aromatic N) is 1. The van der Waals surface area contributed by atoms with Crippen LogP contribution in [0.25, 0.3) is 0 Å². The number of fused-ring (bicyclic) bond motifs is 1. The van der Waals surface area contributed by atoms with E-state index in [4.69, 9.17) is 15.2 Å². The summed E-state index contributed by atoms with van der Waals surface area (Å²) in [6, 6.07) is 11.5. The van der Waals surface area contributed by atoms with Crippen molar-refractivity contribution in [2.24, 2.45) is 5.73 Å². The zero-order chi connectivity index (χ0) is 18.7. The molecule has 0 radical (unpaired) electrons. The molecule has 1 heterocycles. The summed E-state index contributed by atoms with van der Waals surface area (Å²) >= 11 is 0. The first-order valence-corrected chi connectivity index (χ1v) is 9.81. The van der Waals surface area contributed by atoms with E-state index in [9.17, 15) is 8.42 Å². The molecule has 140 valence electrons. The van der Waals surface area contributed by atoms with Crippen molar-refractivity contribution in [2.45, 2.75) is 17.9 Å². The third kappa shape index (κ3) is 4.03. The van der Waals surface area contributed by atoms with Gasteiger partial charge in [-0.3, -0.25) is 4.72 Å². The second-order valence-electron chi connectivity index (χ2n) is 6.24. The second kappa shape index (κ2) is 7.43. The first-order valence-electron chi connectivity index (χ1n) is 8.33. The maximum Gasteiger partial charge on any atom is 0.261 e. The number of hydrogen-bond donors (Lipinski definition) is 2. The molecule has 0 saturated heterocycles. The van der Waals surface area contributed by atoms with Crippen LogP contribution >= 0.6 is 0 Å². The highest BCUT2D eigenvalue weighted by atomic mass is 32.2. The van der Waals surface area contributed by atoms with E-state index in [0.29, 0.717) is 30.3 Å². The minimum Gasteiger partial charge on any atom is -0.497 e. The average Bonchev–Trinajstić information content (AvgIpc) is 2.61. The van der Waals surface area contributed by atoms with Crippen molar-refractivity contribution in [3.63, 3.8) is 0 Å². The molecule has 0 aliphatic carbocycles. The van der Waals surface area contributed by atoms with Gasteiger partial charge in [0.15, 0.2) is 0 Å². The van der Waals surface area contributed by atoms with Crippen molar-refractivity contribution < 1.29 is 17.9 Å². The molecule has 1 unspecified atom stereocenters. The molecule has 2 aromatic rings. The highest BCUT2D eigenvalue weighted by Gasteiger charge is 2.21. The third-order valence-corrected chi connectivity index (χ3v) is 5.45. The van der Waals surface area contributed by atoms with Crippen molar-refractivity contribution in [1.82, 2.24) is 0 Å². The van der Waals surface area contributed by atoms with Crippen molar-refractivity contribution in [3.05, 3.63) is 42.5 Å². The van der Waals surface area contributed by atoms with Crippen LogP contribution in [0.5, 0.6) is 11.5 Å². The van der Waals surface area contributed by atoms with Crippen molar-refractivity contribution >= 4 is 21.4 Å². The molecule has 3 N–H and O–H groups in total. The topological polar surface area (TPSA) is 93.9 Å². The van der Waals surface area contributed by atoms with Crippen LogP contribution in [-0.4, -0.2) is 41.3 Å². The Morgan fingerprint density at radius 2 is 2.00 bits per heavy atom. The summed E-state index contributed by atoms with van der Waals surface area (Å²) in [5.74, 6) is 1.24. The van der Waals surface area contributed by atoms with Crippen molar-refractivity contribution in [1.29, 1.82) is 0 Å². The van der Waals surface area contributed by atoms with Gasteiger partial charge in [-0.25, -0.2) is 8.42 Å². The summed E-state index contributed by atoms with van der Waals surface area (Å²) in [6.07, 6.45) is 0. The Kier molecular flexibility index (Phi) is 5.24. The molecule has 1 aliphatic rings. The summed E-state index contributed by atoms with van der Waals surface area (Å²) in [5, 5.41) is 0. The Morgan fingerprint density at radius 1 is 1.27 bits per heavy atom. The summed E-state index contributed by atoms with van der Waals surface area (Å²) in [4.78, 5) is 2.31. The van der Waals surface area contributed by atoms with E-state index in [-0.39, 0.29) is 10.9 Å². The number of benzene rings is 2. The molecule has 1 atom stereocenters. The highest BCUT2D eigenvalue weighted by molar-refractivity contribution is 7.92. The van der Waals surface area contributed by atoms with E-state index in [1.807, 2.05) is 13.0 Å². The molecule has 8 heteroatoms. The predicted octanol–water partition coefficient (Wildman–Crippen LogP) is 2.04. The Morgan fingerprint density at radius 3 is 2.65 bits per heavy atom. The van der Waals surface area contributed by atoms with Gasteiger partial charge in [-0.1, -0.05) is 0 Å². The van der Waals surface area contributed by atoms with Crippen LogP contribution in [0.15, 0.2) is 47.4 Å². The van der Waals surface area contributed by atoms with Gasteiger partial charge in [0.1, 0.15) is 18.1 Å². The molecule has 3 rings (SSSR count). The summed E-state index contributed by atoms with van der Waals surface area (Å²) in [7, 11) is -2.16. The molecule has 0 amide bonds.